The summed E-state index contributed by atoms with van der Waals surface area (Å²) in [6.07, 6.45) is -3.57. The first-order chi connectivity index (χ1) is 12.4. The van der Waals surface area contributed by atoms with Gasteiger partial charge in [-0.25, -0.2) is 9.59 Å². The molecule has 8 nitrogen and oxygen atoms in total. The third kappa shape index (κ3) is 5.20. The zero-order chi connectivity index (χ0) is 19.1. The Labute approximate surface area is 149 Å². The normalized spacial score (nSPS) is 12.8. The smallest absolute Gasteiger partial charge is 0.407 e. The second-order valence-corrected chi connectivity index (χ2v) is 5.54. The van der Waals surface area contributed by atoms with E-state index in [0.717, 1.165) is 17.7 Å². The van der Waals surface area contributed by atoms with Crippen LogP contribution in [0.5, 0.6) is 5.75 Å². The standard InChI is InChI=1S/C18H19NO7/c20-14-8-12(6-7-13(14)17(23)24)16(22)15(21)9-19-18(25)26-10-11-4-2-1-3-5-11/h1-8,15-16,20-22H,9-10H2,(H,19,25)(H,23,24). The van der Waals surface area contributed by atoms with Crippen LogP contribution in [0, 0.1) is 0 Å². The lowest BCUT2D eigenvalue weighted by Crippen LogP contribution is -2.35. The van der Waals surface area contributed by atoms with Gasteiger partial charge in [0.25, 0.3) is 0 Å². The molecule has 0 aromatic heterocycles. The average molecular weight is 361 g/mol. The van der Waals surface area contributed by atoms with Gasteiger partial charge in [-0.05, 0) is 23.3 Å². The number of aromatic carboxylic acids is 1. The molecule has 0 fully saturated rings. The quantitative estimate of drug-likeness (QED) is 0.503. The monoisotopic (exact) mass is 361 g/mol. The number of carboxylic acids is 1. The number of phenols is 1. The molecule has 0 spiro atoms. The van der Waals surface area contributed by atoms with E-state index in [9.17, 15) is 24.9 Å². The first-order valence-corrected chi connectivity index (χ1v) is 7.75. The number of nitrogens with one attached hydrogen (secondary N) is 1. The molecule has 5 N–H and O–H groups in total. The van der Waals surface area contributed by atoms with Crippen LogP contribution in [0.4, 0.5) is 4.79 Å². The van der Waals surface area contributed by atoms with Crippen molar-refractivity contribution in [2.75, 3.05) is 6.54 Å². The number of ether oxygens (including phenoxy) is 1. The lowest BCUT2D eigenvalue weighted by Gasteiger charge is -2.19. The molecule has 26 heavy (non-hydrogen) atoms. The summed E-state index contributed by atoms with van der Waals surface area (Å²) in [5, 5.41) is 40.8. The molecule has 0 saturated heterocycles. The van der Waals surface area contributed by atoms with E-state index >= 15 is 0 Å². The van der Waals surface area contributed by atoms with Gasteiger partial charge in [0, 0.05) is 6.54 Å². The van der Waals surface area contributed by atoms with Crippen molar-refractivity contribution in [3.8, 4) is 5.75 Å². The van der Waals surface area contributed by atoms with Crippen LogP contribution in [-0.4, -0.2) is 45.1 Å². The second kappa shape index (κ2) is 8.84. The predicted molar refractivity (Wildman–Crippen MR) is 90.7 cm³/mol. The first-order valence-electron chi connectivity index (χ1n) is 7.75. The van der Waals surface area contributed by atoms with Gasteiger partial charge in [0.05, 0.1) is 0 Å². The number of amides is 1. The summed E-state index contributed by atoms with van der Waals surface area (Å²) in [7, 11) is 0. The van der Waals surface area contributed by atoms with E-state index in [1.807, 2.05) is 18.2 Å². The molecule has 2 aromatic rings. The molecule has 2 atom stereocenters. The number of hydrogen-bond acceptors (Lipinski definition) is 6. The molecule has 0 saturated carbocycles. The zero-order valence-corrected chi connectivity index (χ0v) is 13.7. The number of benzene rings is 2. The maximum atomic E-state index is 11.6. The molecule has 8 heteroatoms. The Morgan fingerprint density at radius 1 is 1.08 bits per heavy atom. The topological polar surface area (TPSA) is 136 Å². The number of aromatic hydroxyl groups is 1. The van der Waals surface area contributed by atoms with Crippen LogP contribution < -0.4 is 5.32 Å². The molecule has 2 rings (SSSR count). The summed E-state index contributed by atoms with van der Waals surface area (Å²) in [4.78, 5) is 22.5. The van der Waals surface area contributed by atoms with Crippen molar-refractivity contribution < 1.29 is 34.8 Å². The predicted octanol–water partition coefficient (Wildman–Crippen LogP) is 1.41. The molecule has 0 aliphatic heterocycles. The highest BCUT2D eigenvalue weighted by Crippen LogP contribution is 2.24. The van der Waals surface area contributed by atoms with Gasteiger partial charge in [0.2, 0.25) is 0 Å². The molecule has 1 amide bonds. The minimum atomic E-state index is -1.43. The van der Waals surface area contributed by atoms with Gasteiger partial charge in [-0.2, -0.15) is 0 Å². The maximum Gasteiger partial charge on any atom is 0.407 e. The summed E-state index contributed by atoms with van der Waals surface area (Å²) in [5.41, 5.74) is 0.592. The highest BCUT2D eigenvalue weighted by molar-refractivity contribution is 5.90. The largest absolute Gasteiger partial charge is 0.507 e. The van der Waals surface area contributed by atoms with Crippen molar-refractivity contribution >= 4 is 12.1 Å². The lowest BCUT2D eigenvalue weighted by molar-refractivity contribution is 0.0183. The van der Waals surface area contributed by atoms with Crippen LogP contribution in [0.3, 0.4) is 0 Å². The second-order valence-electron chi connectivity index (χ2n) is 5.54. The molecule has 0 aliphatic rings. The van der Waals surface area contributed by atoms with Gasteiger partial charge in [-0.1, -0.05) is 36.4 Å². The van der Waals surface area contributed by atoms with Crippen LogP contribution in [0.15, 0.2) is 48.5 Å². The molecule has 0 heterocycles. The van der Waals surface area contributed by atoms with Crippen LogP contribution in [0.2, 0.25) is 0 Å². The van der Waals surface area contributed by atoms with E-state index < -0.39 is 30.0 Å². The summed E-state index contributed by atoms with van der Waals surface area (Å²) in [6.45, 7) is -0.230. The molecule has 138 valence electrons. The molecule has 2 aromatic carbocycles. The number of carbonyl (C=O) groups is 2. The van der Waals surface area contributed by atoms with Crippen molar-refractivity contribution in [3.05, 3.63) is 65.2 Å². The Hall–Kier alpha value is -3.10. The van der Waals surface area contributed by atoms with E-state index in [0.29, 0.717) is 0 Å². The highest BCUT2D eigenvalue weighted by atomic mass is 16.5. The van der Waals surface area contributed by atoms with Crippen molar-refractivity contribution in [3.63, 3.8) is 0 Å². The van der Waals surface area contributed by atoms with E-state index in [1.165, 1.54) is 6.07 Å². The van der Waals surface area contributed by atoms with Crippen LogP contribution in [-0.2, 0) is 11.3 Å². The molecule has 0 radical (unpaired) electrons. The SMILES string of the molecule is O=C(NCC(O)C(O)c1ccc(C(=O)O)c(O)c1)OCc1ccccc1. The number of alkyl carbamates (subject to hydrolysis) is 1. The first kappa shape index (κ1) is 19.2. The fraction of sp³-hybridized carbons (Fsp3) is 0.222. The third-order valence-corrected chi connectivity index (χ3v) is 3.63. The summed E-state index contributed by atoms with van der Waals surface area (Å²) in [6, 6.07) is 12.5. The van der Waals surface area contributed by atoms with E-state index in [4.69, 9.17) is 9.84 Å². The number of hydrogen-bond donors (Lipinski definition) is 5. The molecule has 2 unspecified atom stereocenters. The Bertz CT molecular complexity index is 763. The number of rotatable bonds is 7. The van der Waals surface area contributed by atoms with Gasteiger partial charge < -0.3 is 30.5 Å². The average Bonchev–Trinajstić information content (AvgIpc) is 2.64. The van der Waals surface area contributed by atoms with Crippen molar-refractivity contribution in [1.82, 2.24) is 5.32 Å². The summed E-state index contributed by atoms with van der Waals surface area (Å²) >= 11 is 0. The van der Waals surface area contributed by atoms with Crippen molar-refractivity contribution in [2.45, 2.75) is 18.8 Å². The zero-order valence-electron chi connectivity index (χ0n) is 13.7. The Balaban J connectivity index is 1.84. The lowest BCUT2D eigenvalue weighted by atomic mass is 10.0. The van der Waals surface area contributed by atoms with E-state index in [-0.39, 0.29) is 24.3 Å². The number of carboxylic acid groups (broad SMARTS) is 1. The highest BCUT2D eigenvalue weighted by Gasteiger charge is 2.21. The Kier molecular flexibility index (Phi) is 6.54. The van der Waals surface area contributed by atoms with Crippen molar-refractivity contribution in [1.29, 1.82) is 0 Å². The van der Waals surface area contributed by atoms with Gasteiger partial charge in [-0.15, -0.1) is 0 Å². The van der Waals surface area contributed by atoms with Crippen LogP contribution in [0.25, 0.3) is 0 Å². The fourth-order valence-corrected chi connectivity index (χ4v) is 2.21. The Morgan fingerprint density at radius 2 is 1.77 bits per heavy atom. The molecular weight excluding hydrogens is 342 g/mol. The molecule has 0 bridgehead atoms. The van der Waals surface area contributed by atoms with Gasteiger partial charge in [-0.3, -0.25) is 0 Å². The third-order valence-electron chi connectivity index (χ3n) is 3.63. The van der Waals surface area contributed by atoms with Gasteiger partial charge in [0.15, 0.2) is 0 Å². The van der Waals surface area contributed by atoms with E-state index in [2.05, 4.69) is 5.32 Å². The maximum absolute atomic E-state index is 11.6. The van der Waals surface area contributed by atoms with Gasteiger partial charge in [0.1, 0.15) is 30.1 Å². The summed E-state index contributed by atoms with van der Waals surface area (Å²) in [5.74, 6) is -1.84. The van der Waals surface area contributed by atoms with Crippen molar-refractivity contribution in [2.24, 2.45) is 0 Å². The molecular formula is C18H19NO7. The van der Waals surface area contributed by atoms with Gasteiger partial charge >= 0.3 is 12.1 Å². The van der Waals surface area contributed by atoms with Crippen LogP contribution in [0.1, 0.15) is 27.6 Å². The number of aliphatic hydroxyl groups is 2. The fourth-order valence-electron chi connectivity index (χ4n) is 2.21. The minimum Gasteiger partial charge on any atom is -0.507 e. The van der Waals surface area contributed by atoms with E-state index in [1.54, 1.807) is 12.1 Å². The van der Waals surface area contributed by atoms with Crippen LogP contribution >= 0.6 is 0 Å². The summed E-state index contributed by atoms with van der Waals surface area (Å²) < 4.78 is 4.98. The number of carbonyl (C=O) groups excluding carboxylic acids is 1. The minimum absolute atomic E-state index is 0.0653. The Morgan fingerprint density at radius 3 is 2.38 bits per heavy atom. The number of aliphatic hydroxyl groups excluding tert-OH is 2. The molecule has 0 aliphatic carbocycles.